The molecular formula is C10H12ClN5. The molecule has 0 aromatic carbocycles. The van der Waals surface area contributed by atoms with Crippen molar-refractivity contribution >= 4 is 11.6 Å². The van der Waals surface area contributed by atoms with Crippen LogP contribution in [-0.4, -0.2) is 14.8 Å². The second-order valence-corrected chi connectivity index (χ2v) is 3.79. The number of nitrogens with zero attached hydrogens (tertiary/aromatic N) is 3. The average Bonchev–Trinajstić information content (AvgIpc) is 2.69. The van der Waals surface area contributed by atoms with E-state index in [0.717, 1.165) is 5.69 Å². The number of hydrogen-bond acceptors (Lipinski definition) is 4. The van der Waals surface area contributed by atoms with Crippen LogP contribution in [0.1, 0.15) is 17.4 Å². The molecular weight excluding hydrogens is 226 g/mol. The zero-order chi connectivity index (χ0) is 11.5. The number of aromatic nitrogens is 3. The molecule has 2 aromatic heterocycles. The Labute approximate surface area is 98.2 Å². The fraction of sp³-hybridized carbons (Fsp3) is 0.200. The van der Waals surface area contributed by atoms with Crippen molar-refractivity contribution in [2.45, 2.75) is 6.04 Å². The molecule has 0 fully saturated rings. The summed E-state index contributed by atoms with van der Waals surface area (Å²) in [5.41, 5.74) is 4.12. The van der Waals surface area contributed by atoms with Crippen LogP contribution in [0.25, 0.3) is 0 Å². The summed E-state index contributed by atoms with van der Waals surface area (Å²) in [5.74, 6) is 5.52. The topological polar surface area (TPSA) is 68.8 Å². The lowest BCUT2D eigenvalue weighted by molar-refractivity contribution is 0.590. The Hall–Kier alpha value is -1.43. The Morgan fingerprint density at radius 3 is 2.88 bits per heavy atom. The minimum absolute atomic E-state index is 0.296. The largest absolute Gasteiger partial charge is 0.275 e. The Bertz CT molecular complexity index is 482. The van der Waals surface area contributed by atoms with Crippen LogP contribution in [0.3, 0.4) is 0 Å². The molecule has 0 aliphatic heterocycles. The second-order valence-electron chi connectivity index (χ2n) is 3.38. The summed E-state index contributed by atoms with van der Waals surface area (Å²) in [6.07, 6.45) is 3.52. The normalized spacial score (nSPS) is 12.7. The fourth-order valence-electron chi connectivity index (χ4n) is 1.50. The van der Waals surface area contributed by atoms with Gasteiger partial charge in [0.25, 0.3) is 0 Å². The number of halogens is 1. The molecule has 0 radical (unpaired) electrons. The molecule has 2 aromatic rings. The third-order valence-electron chi connectivity index (χ3n) is 2.26. The van der Waals surface area contributed by atoms with Crippen LogP contribution in [0.2, 0.25) is 5.02 Å². The van der Waals surface area contributed by atoms with Gasteiger partial charge in [0.2, 0.25) is 0 Å². The first kappa shape index (κ1) is 11.1. The van der Waals surface area contributed by atoms with E-state index in [0.29, 0.717) is 10.7 Å². The van der Waals surface area contributed by atoms with E-state index in [1.165, 1.54) is 0 Å². The Morgan fingerprint density at radius 1 is 1.50 bits per heavy atom. The van der Waals surface area contributed by atoms with Crippen LogP contribution < -0.4 is 11.3 Å². The molecule has 0 saturated heterocycles. The molecule has 5 nitrogen and oxygen atoms in total. The van der Waals surface area contributed by atoms with E-state index in [9.17, 15) is 0 Å². The maximum absolute atomic E-state index is 6.06. The van der Waals surface area contributed by atoms with E-state index >= 15 is 0 Å². The number of aryl methyl sites for hydroxylation is 1. The van der Waals surface area contributed by atoms with Gasteiger partial charge in [-0.2, -0.15) is 5.10 Å². The van der Waals surface area contributed by atoms with Crippen molar-refractivity contribution in [3.63, 3.8) is 0 Å². The maximum atomic E-state index is 6.06. The van der Waals surface area contributed by atoms with E-state index in [2.05, 4.69) is 15.5 Å². The monoisotopic (exact) mass is 237 g/mol. The molecule has 0 saturated carbocycles. The summed E-state index contributed by atoms with van der Waals surface area (Å²) in [5, 5.41) is 4.84. The Balaban J connectivity index is 2.40. The molecule has 1 unspecified atom stereocenters. The summed E-state index contributed by atoms with van der Waals surface area (Å²) in [6.45, 7) is 0. The third-order valence-corrected chi connectivity index (χ3v) is 2.58. The quantitative estimate of drug-likeness (QED) is 0.618. The van der Waals surface area contributed by atoms with Crippen molar-refractivity contribution in [2.75, 3.05) is 0 Å². The predicted octanol–water partition coefficient (Wildman–Crippen LogP) is 1.02. The van der Waals surface area contributed by atoms with Gasteiger partial charge in [0.1, 0.15) is 6.04 Å². The first-order valence-corrected chi connectivity index (χ1v) is 5.16. The van der Waals surface area contributed by atoms with Crippen LogP contribution in [0.15, 0.2) is 30.6 Å². The first-order valence-electron chi connectivity index (χ1n) is 4.78. The molecule has 0 bridgehead atoms. The van der Waals surface area contributed by atoms with Gasteiger partial charge < -0.3 is 0 Å². The van der Waals surface area contributed by atoms with E-state index in [1.54, 1.807) is 23.0 Å². The zero-order valence-corrected chi connectivity index (χ0v) is 9.52. The molecule has 0 aliphatic rings. The molecule has 1 atom stereocenters. The highest BCUT2D eigenvalue weighted by atomic mass is 35.5. The lowest BCUT2D eigenvalue weighted by Crippen LogP contribution is -2.30. The van der Waals surface area contributed by atoms with Crippen molar-refractivity contribution < 1.29 is 0 Å². The highest BCUT2D eigenvalue weighted by Gasteiger charge is 2.18. The maximum Gasteiger partial charge on any atom is 0.108 e. The van der Waals surface area contributed by atoms with Gasteiger partial charge in [-0.3, -0.25) is 15.5 Å². The molecule has 3 N–H and O–H groups in total. The van der Waals surface area contributed by atoms with Crippen LogP contribution in [0, 0.1) is 0 Å². The predicted molar refractivity (Wildman–Crippen MR) is 61.6 cm³/mol. The van der Waals surface area contributed by atoms with Gasteiger partial charge in [-0.05, 0) is 18.2 Å². The lowest BCUT2D eigenvalue weighted by Gasteiger charge is -2.13. The van der Waals surface area contributed by atoms with Gasteiger partial charge in [0.15, 0.2) is 0 Å². The van der Waals surface area contributed by atoms with Crippen molar-refractivity contribution in [3.8, 4) is 0 Å². The molecule has 6 heteroatoms. The number of hydrazine groups is 1. The van der Waals surface area contributed by atoms with Crippen LogP contribution in [0.4, 0.5) is 0 Å². The number of nitrogens with two attached hydrogens (primary N) is 1. The van der Waals surface area contributed by atoms with Crippen LogP contribution >= 0.6 is 11.6 Å². The molecule has 16 heavy (non-hydrogen) atoms. The molecule has 0 amide bonds. The number of nitrogens with one attached hydrogen (secondary N) is 1. The number of hydrogen-bond donors (Lipinski definition) is 2. The van der Waals surface area contributed by atoms with Crippen molar-refractivity contribution in [3.05, 3.63) is 47.0 Å². The molecule has 2 heterocycles. The summed E-state index contributed by atoms with van der Waals surface area (Å²) < 4.78 is 1.70. The summed E-state index contributed by atoms with van der Waals surface area (Å²) >= 11 is 6.06. The minimum Gasteiger partial charge on any atom is -0.275 e. The second kappa shape index (κ2) is 4.61. The van der Waals surface area contributed by atoms with Gasteiger partial charge in [0.05, 0.1) is 16.4 Å². The van der Waals surface area contributed by atoms with Crippen LogP contribution in [-0.2, 0) is 7.05 Å². The van der Waals surface area contributed by atoms with E-state index < -0.39 is 0 Å². The van der Waals surface area contributed by atoms with E-state index in [1.807, 2.05) is 19.3 Å². The summed E-state index contributed by atoms with van der Waals surface area (Å²) in [4.78, 5) is 4.21. The van der Waals surface area contributed by atoms with Crippen LogP contribution in [0.5, 0.6) is 0 Å². The zero-order valence-electron chi connectivity index (χ0n) is 8.76. The van der Waals surface area contributed by atoms with Gasteiger partial charge in [-0.15, -0.1) is 0 Å². The SMILES string of the molecule is Cn1ccc(C(NN)c2ncccc2Cl)n1. The molecule has 2 rings (SSSR count). The Kier molecular flexibility index (Phi) is 3.19. The lowest BCUT2D eigenvalue weighted by atomic mass is 10.1. The Morgan fingerprint density at radius 2 is 2.31 bits per heavy atom. The van der Waals surface area contributed by atoms with Gasteiger partial charge in [-0.1, -0.05) is 11.6 Å². The van der Waals surface area contributed by atoms with Crippen molar-refractivity contribution in [1.82, 2.24) is 20.2 Å². The van der Waals surface area contributed by atoms with Gasteiger partial charge >= 0.3 is 0 Å². The number of rotatable bonds is 3. The number of pyridine rings is 1. The third kappa shape index (κ3) is 2.06. The van der Waals surface area contributed by atoms with Crippen molar-refractivity contribution in [2.24, 2.45) is 12.9 Å². The van der Waals surface area contributed by atoms with E-state index in [4.69, 9.17) is 17.4 Å². The smallest absolute Gasteiger partial charge is 0.108 e. The van der Waals surface area contributed by atoms with Crippen molar-refractivity contribution in [1.29, 1.82) is 0 Å². The average molecular weight is 238 g/mol. The summed E-state index contributed by atoms with van der Waals surface area (Å²) in [6, 6.07) is 5.12. The minimum atomic E-state index is -0.296. The molecule has 84 valence electrons. The molecule has 0 spiro atoms. The standard InChI is InChI=1S/C10H12ClN5/c1-16-6-4-8(15-16)10(14-12)9-7(11)3-2-5-13-9/h2-6,10,14H,12H2,1H3. The summed E-state index contributed by atoms with van der Waals surface area (Å²) in [7, 11) is 1.84. The molecule has 0 aliphatic carbocycles. The highest BCUT2D eigenvalue weighted by Crippen LogP contribution is 2.24. The van der Waals surface area contributed by atoms with Gasteiger partial charge in [-0.25, -0.2) is 5.43 Å². The van der Waals surface area contributed by atoms with Gasteiger partial charge in [0, 0.05) is 19.4 Å². The first-order chi connectivity index (χ1) is 7.72. The van der Waals surface area contributed by atoms with E-state index in [-0.39, 0.29) is 6.04 Å². The highest BCUT2D eigenvalue weighted by molar-refractivity contribution is 6.31. The fourth-order valence-corrected chi connectivity index (χ4v) is 1.73.